The highest BCUT2D eigenvalue weighted by molar-refractivity contribution is 5.87. The van der Waals surface area contributed by atoms with Crippen LogP contribution in [0, 0.1) is 0 Å². The predicted molar refractivity (Wildman–Crippen MR) is 111 cm³/mol. The van der Waals surface area contributed by atoms with Crippen molar-refractivity contribution < 1.29 is 9.53 Å². The van der Waals surface area contributed by atoms with Gasteiger partial charge >= 0.3 is 5.97 Å². The summed E-state index contributed by atoms with van der Waals surface area (Å²) in [6, 6.07) is 13.9. The molecule has 142 valence electrons. The standard InChI is InChI=1S/C23H28N2O2/c24-21-12-11-20(22(25)16-21)14-15-27-23(26)13-8-17-6-9-19(10-7-17)18-4-2-1-3-5-18/h6-13,16,18H,1-5,14-15,24-25H2/b13-8+. The van der Waals surface area contributed by atoms with E-state index in [1.54, 1.807) is 18.2 Å². The number of nitrogens with two attached hydrogens (primary N) is 2. The molecule has 4 heteroatoms. The molecule has 0 saturated heterocycles. The number of carbonyl (C=O) groups is 1. The van der Waals surface area contributed by atoms with Crippen LogP contribution >= 0.6 is 0 Å². The van der Waals surface area contributed by atoms with E-state index in [2.05, 4.69) is 24.3 Å². The topological polar surface area (TPSA) is 78.3 Å². The lowest BCUT2D eigenvalue weighted by atomic mass is 9.84. The van der Waals surface area contributed by atoms with Gasteiger partial charge in [0.25, 0.3) is 0 Å². The molecule has 0 bridgehead atoms. The number of hydrogen-bond acceptors (Lipinski definition) is 4. The minimum absolute atomic E-state index is 0.290. The Kier molecular flexibility index (Phi) is 6.53. The van der Waals surface area contributed by atoms with Gasteiger partial charge in [0.05, 0.1) is 6.61 Å². The first-order chi connectivity index (χ1) is 13.1. The molecule has 1 saturated carbocycles. The molecule has 4 N–H and O–H groups in total. The van der Waals surface area contributed by atoms with Crippen molar-refractivity contribution in [2.75, 3.05) is 18.1 Å². The van der Waals surface area contributed by atoms with Crippen LogP contribution in [-0.4, -0.2) is 12.6 Å². The van der Waals surface area contributed by atoms with Crippen LogP contribution in [0.4, 0.5) is 11.4 Å². The van der Waals surface area contributed by atoms with Crippen LogP contribution in [0.15, 0.2) is 48.5 Å². The Morgan fingerprint density at radius 2 is 1.78 bits per heavy atom. The summed E-state index contributed by atoms with van der Waals surface area (Å²) < 4.78 is 5.26. The molecule has 1 aliphatic carbocycles. The van der Waals surface area contributed by atoms with E-state index >= 15 is 0 Å². The minimum atomic E-state index is -0.347. The average molecular weight is 364 g/mol. The van der Waals surface area contributed by atoms with Gasteiger partial charge < -0.3 is 16.2 Å². The number of benzene rings is 2. The van der Waals surface area contributed by atoms with Crippen molar-refractivity contribution in [2.45, 2.75) is 44.4 Å². The SMILES string of the molecule is Nc1ccc(CCOC(=O)/C=C/c2ccc(C3CCCCC3)cc2)c(N)c1. The maximum atomic E-state index is 11.9. The summed E-state index contributed by atoms with van der Waals surface area (Å²) in [5.41, 5.74) is 16.2. The number of anilines is 2. The van der Waals surface area contributed by atoms with Gasteiger partial charge in [-0.1, -0.05) is 49.6 Å². The van der Waals surface area contributed by atoms with Gasteiger partial charge in [-0.05, 0) is 53.7 Å². The highest BCUT2D eigenvalue weighted by Crippen LogP contribution is 2.32. The zero-order chi connectivity index (χ0) is 19.1. The lowest BCUT2D eigenvalue weighted by molar-refractivity contribution is -0.137. The molecule has 0 amide bonds. The molecule has 3 rings (SSSR count). The first-order valence-electron chi connectivity index (χ1n) is 9.70. The Labute approximate surface area is 161 Å². The smallest absolute Gasteiger partial charge is 0.330 e. The van der Waals surface area contributed by atoms with Gasteiger partial charge in [-0.2, -0.15) is 0 Å². The normalized spacial score (nSPS) is 15.1. The Balaban J connectivity index is 1.46. The molecule has 0 atom stereocenters. The number of nitrogen functional groups attached to an aromatic ring is 2. The van der Waals surface area contributed by atoms with Gasteiger partial charge in [0, 0.05) is 23.9 Å². The van der Waals surface area contributed by atoms with Crippen molar-refractivity contribution in [2.24, 2.45) is 0 Å². The number of esters is 1. The van der Waals surface area contributed by atoms with Crippen molar-refractivity contribution >= 4 is 23.4 Å². The molecule has 1 fully saturated rings. The molecule has 1 aliphatic rings. The second-order valence-corrected chi connectivity index (χ2v) is 7.21. The van der Waals surface area contributed by atoms with Crippen molar-refractivity contribution in [1.29, 1.82) is 0 Å². The zero-order valence-corrected chi connectivity index (χ0v) is 15.7. The second kappa shape index (κ2) is 9.26. The molecule has 2 aromatic carbocycles. The molecule has 0 aliphatic heterocycles. The molecular formula is C23H28N2O2. The number of hydrogen-bond donors (Lipinski definition) is 2. The monoisotopic (exact) mass is 364 g/mol. The van der Waals surface area contributed by atoms with E-state index in [1.165, 1.54) is 43.7 Å². The molecule has 0 heterocycles. The van der Waals surface area contributed by atoms with Crippen molar-refractivity contribution in [1.82, 2.24) is 0 Å². The lowest BCUT2D eigenvalue weighted by Crippen LogP contribution is -2.06. The summed E-state index contributed by atoms with van der Waals surface area (Å²) in [5.74, 6) is 0.350. The van der Waals surface area contributed by atoms with E-state index in [-0.39, 0.29) is 12.6 Å². The maximum absolute atomic E-state index is 11.9. The fraction of sp³-hybridized carbons (Fsp3) is 0.348. The van der Waals surface area contributed by atoms with Crippen LogP contribution in [0.1, 0.15) is 54.7 Å². The minimum Gasteiger partial charge on any atom is -0.462 e. The third kappa shape index (κ3) is 5.61. The lowest BCUT2D eigenvalue weighted by Gasteiger charge is -2.21. The summed E-state index contributed by atoms with van der Waals surface area (Å²) in [6.07, 6.45) is 10.5. The first kappa shape index (κ1) is 19.0. The highest BCUT2D eigenvalue weighted by atomic mass is 16.5. The number of ether oxygens (including phenoxy) is 1. The molecule has 4 nitrogen and oxygen atoms in total. The molecule has 0 aromatic heterocycles. The fourth-order valence-electron chi connectivity index (χ4n) is 3.63. The number of carbonyl (C=O) groups excluding carboxylic acids is 1. The Bertz CT molecular complexity index is 791. The van der Waals surface area contributed by atoms with Gasteiger partial charge in [0.15, 0.2) is 0 Å². The van der Waals surface area contributed by atoms with E-state index < -0.39 is 0 Å². The molecule has 0 radical (unpaired) electrons. The Morgan fingerprint density at radius 1 is 1.04 bits per heavy atom. The molecular weight excluding hydrogens is 336 g/mol. The summed E-state index contributed by atoms with van der Waals surface area (Å²) in [7, 11) is 0. The van der Waals surface area contributed by atoms with Crippen molar-refractivity contribution in [3.05, 3.63) is 65.2 Å². The Hall–Kier alpha value is -2.75. The van der Waals surface area contributed by atoms with Gasteiger partial charge in [-0.15, -0.1) is 0 Å². The summed E-state index contributed by atoms with van der Waals surface area (Å²) in [5, 5.41) is 0. The van der Waals surface area contributed by atoms with Crippen LogP contribution in [0.5, 0.6) is 0 Å². The van der Waals surface area contributed by atoms with Crippen LogP contribution in [0.3, 0.4) is 0 Å². The average Bonchev–Trinajstić information content (AvgIpc) is 2.69. The van der Waals surface area contributed by atoms with Crippen LogP contribution < -0.4 is 11.5 Å². The molecule has 0 unspecified atom stereocenters. The van der Waals surface area contributed by atoms with Crippen LogP contribution in [0.2, 0.25) is 0 Å². The van der Waals surface area contributed by atoms with E-state index in [0.29, 0.717) is 23.7 Å². The molecule has 0 spiro atoms. The van der Waals surface area contributed by atoms with Crippen LogP contribution in [0.25, 0.3) is 6.08 Å². The van der Waals surface area contributed by atoms with Gasteiger partial charge in [0.1, 0.15) is 0 Å². The second-order valence-electron chi connectivity index (χ2n) is 7.21. The predicted octanol–water partition coefficient (Wildman–Crippen LogP) is 4.70. The van der Waals surface area contributed by atoms with Gasteiger partial charge in [-0.3, -0.25) is 0 Å². The maximum Gasteiger partial charge on any atom is 0.330 e. The van der Waals surface area contributed by atoms with E-state index in [0.717, 1.165) is 11.1 Å². The largest absolute Gasteiger partial charge is 0.462 e. The van der Waals surface area contributed by atoms with Gasteiger partial charge in [-0.25, -0.2) is 4.79 Å². The van der Waals surface area contributed by atoms with E-state index in [1.807, 2.05) is 6.07 Å². The summed E-state index contributed by atoms with van der Waals surface area (Å²) in [6.45, 7) is 0.290. The number of rotatable bonds is 6. The first-order valence-corrected chi connectivity index (χ1v) is 9.70. The van der Waals surface area contributed by atoms with Crippen molar-refractivity contribution in [3.63, 3.8) is 0 Å². The quantitative estimate of drug-likeness (QED) is 0.442. The third-order valence-electron chi connectivity index (χ3n) is 5.21. The summed E-state index contributed by atoms with van der Waals surface area (Å²) in [4.78, 5) is 11.9. The van der Waals surface area contributed by atoms with E-state index in [4.69, 9.17) is 16.2 Å². The van der Waals surface area contributed by atoms with Crippen LogP contribution in [-0.2, 0) is 16.0 Å². The summed E-state index contributed by atoms with van der Waals surface area (Å²) >= 11 is 0. The van der Waals surface area contributed by atoms with Gasteiger partial charge in [0.2, 0.25) is 0 Å². The molecule has 2 aromatic rings. The Morgan fingerprint density at radius 3 is 2.48 bits per heavy atom. The van der Waals surface area contributed by atoms with Crippen molar-refractivity contribution in [3.8, 4) is 0 Å². The zero-order valence-electron chi connectivity index (χ0n) is 15.7. The fourth-order valence-corrected chi connectivity index (χ4v) is 3.63. The van der Waals surface area contributed by atoms with E-state index in [9.17, 15) is 4.79 Å². The molecule has 27 heavy (non-hydrogen) atoms. The third-order valence-corrected chi connectivity index (χ3v) is 5.21. The highest BCUT2D eigenvalue weighted by Gasteiger charge is 2.14.